The van der Waals surface area contributed by atoms with Gasteiger partial charge in [0.1, 0.15) is 16.5 Å². The van der Waals surface area contributed by atoms with Crippen LogP contribution in [0, 0.1) is 0 Å². The zero-order valence-corrected chi connectivity index (χ0v) is 18.5. The summed E-state index contributed by atoms with van der Waals surface area (Å²) in [4.78, 5) is 24.5. The first-order valence-corrected chi connectivity index (χ1v) is 10.5. The molecule has 2 aromatic carbocycles. The van der Waals surface area contributed by atoms with Gasteiger partial charge in [-0.3, -0.25) is 9.59 Å². The zero-order chi connectivity index (χ0) is 22.2. The standard InChI is InChI=1S/C21H21ClN4O4S/c1-29-16-7-6-13(17(11-16)30-2)12-23-18(27)8-9-19-25-26-21(31-19)20(28)24-15-5-3-4-14(22)10-15/h3-7,10-11H,8-9,12H2,1-2H3,(H,23,27)(H,24,28). The Morgan fingerprint density at radius 1 is 1.10 bits per heavy atom. The summed E-state index contributed by atoms with van der Waals surface area (Å²) in [6.45, 7) is 0.329. The minimum absolute atomic E-state index is 0.141. The highest BCUT2D eigenvalue weighted by molar-refractivity contribution is 7.13. The summed E-state index contributed by atoms with van der Waals surface area (Å²) in [6.07, 6.45) is 0.608. The number of anilines is 1. The van der Waals surface area contributed by atoms with E-state index >= 15 is 0 Å². The fourth-order valence-electron chi connectivity index (χ4n) is 2.70. The van der Waals surface area contributed by atoms with Gasteiger partial charge in [0.15, 0.2) is 0 Å². The Hall–Kier alpha value is -3.17. The van der Waals surface area contributed by atoms with E-state index in [2.05, 4.69) is 20.8 Å². The van der Waals surface area contributed by atoms with E-state index in [1.165, 1.54) is 0 Å². The van der Waals surface area contributed by atoms with Crippen LogP contribution in [0.4, 0.5) is 5.69 Å². The number of carbonyl (C=O) groups is 2. The maximum Gasteiger partial charge on any atom is 0.286 e. The maximum absolute atomic E-state index is 12.3. The van der Waals surface area contributed by atoms with Crippen molar-refractivity contribution in [2.75, 3.05) is 19.5 Å². The van der Waals surface area contributed by atoms with E-state index in [0.717, 1.165) is 16.9 Å². The minimum Gasteiger partial charge on any atom is -0.497 e. The first kappa shape index (κ1) is 22.5. The highest BCUT2D eigenvalue weighted by Crippen LogP contribution is 2.24. The minimum atomic E-state index is -0.373. The second kappa shape index (κ2) is 10.7. The number of hydrogen-bond donors (Lipinski definition) is 2. The van der Waals surface area contributed by atoms with Crippen molar-refractivity contribution < 1.29 is 19.1 Å². The molecule has 0 atom stereocenters. The van der Waals surface area contributed by atoms with Gasteiger partial charge < -0.3 is 20.1 Å². The number of benzene rings is 2. The Morgan fingerprint density at radius 2 is 1.94 bits per heavy atom. The van der Waals surface area contributed by atoms with Crippen molar-refractivity contribution in [3.8, 4) is 11.5 Å². The smallest absolute Gasteiger partial charge is 0.286 e. The van der Waals surface area contributed by atoms with Crippen LogP contribution in [0.25, 0.3) is 0 Å². The molecule has 3 rings (SSSR count). The molecule has 10 heteroatoms. The quantitative estimate of drug-likeness (QED) is 0.504. The van der Waals surface area contributed by atoms with Gasteiger partial charge in [-0.2, -0.15) is 0 Å². The van der Waals surface area contributed by atoms with E-state index in [1.807, 2.05) is 6.07 Å². The van der Waals surface area contributed by atoms with Gasteiger partial charge in [-0.05, 0) is 30.3 Å². The average Bonchev–Trinajstić information content (AvgIpc) is 3.25. The molecular weight excluding hydrogens is 440 g/mol. The van der Waals surface area contributed by atoms with Crippen LogP contribution in [-0.2, 0) is 17.8 Å². The number of carbonyl (C=O) groups excluding carboxylic acids is 2. The SMILES string of the molecule is COc1ccc(CNC(=O)CCc2nnc(C(=O)Nc3cccc(Cl)c3)s2)c(OC)c1. The summed E-state index contributed by atoms with van der Waals surface area (Å²) in [5.41, 5.74) is 1.41. The molecule has 0 spiro atoms. The molecule has 0 fully saturated rings. The maximum atomic E-state index is 12.3. The summed E-state index contributed by atoms with van der Waals surface area (Å²) in [5, 5.41) is 14.8. The van der Waals surface area contributed by atoms with Crippen LogP contribution in [0.15, 0.2) is 42.5 Å². The summed E-state index contributed by atoms with van der Waals surface area (Å²) in [5.74, 6) is 0.803. The third-order valence-corrected chi connectivity index (χ3v) is 5.50. The molecule has 1 heterocycles. The van der Waals surface area contributed by atoms with Crippen LogP contribution in [0.2, 0.25) is 5.02 Å². The predicted octanol–water partition coefficient (Wildman–Crippen LogP) is 3.71. The number of halogens is 1. The molecule has 0 unspecified atom stereocenters. The van der Waals surface area contributed by atoms with Gasteiger partial charge in [-0.15, -0.1) is 10.2 Å². The topological polar surface area (TPSA) is 102 Å². The third kappa shape index (κ3) is 6.40. The lowest BCUT2D eigenvalue weighted by Gasteiger charge is -2.11. The third-order valence-electron chi connectivity index (χ3n) is 4.28. The summed E-state index contributed by atoms with van der Waals surface area (Å²) in [7, 11) is 3.14. The highest BCUT2D eigenvalue weighted by atomic mass is 35.5. The molecule has 2 amide bonds. The second-order valence-electron chi connectivity index (χ2n) is 6.42. The number of aryl methyl sites for hydroxylation is 1. The second-order valence-corrected chi connectivity index (χ2v) is 7.92. The van der Waals surface area contributed by atoms with E-state index in [1.54, 1.807) is 50.6 Å². The van der Waals surface area contributed by atoms with E-state index in [4.69, 9.17) is 21.1 Å². The Bertz CT molecular complexity index is 1070. The van der Waals surface area contributed by atoms with Gasteiger partial charge in [0.2, 0.25) is 10.9 Å². The molecule has 3 aromatic rings. The fourth-order valence-corrected chi connectivity index (χ4v) is 3.62. The Balaban J connectivity index is 1.49. The molecule has 0 aliphatic carbocycles. The monoisotopic (exact) mass is 460 g/mol. The zero-order valence-electron chi connectivity index (χ0n) is 17.0. The van der Waals surface area contributed by atoms with Gasteiger partial charge in [-0.25, -0.2) is 0 Å². The van der Waals surface area contributed by atoms with Crippen molar-refractivity contribution in [1.29, 1.82) is 0 Å². The lowest BCUT2D eigenvalue weighted by atomic mass is 10.2. The van der Waals surface area contributed by atoms with Crippen LogP contribution in [-0.4, -0.2) is 36.2 Å². The Labute approximate surface area is 188 Å². The molecule has 162 valence electrons. The van der Waals surface area contributed by atoms with Crippen molar-refractivity contribution in [3.63, 3.8) is 0 Å². The van der Waals surface area contributed by atoms with Crippen molar-refractivity contribution in [2.24, 2.45) is 0 Å². The lowest BCUT2D eigenvalue weighted by Crippen LogP contribution is -2.23. The Kier molecular flexibility index (Phi) is 7.80. The molecule has 0 aliphatic rings. The number of amides is 2. The number of nitrogens with zero attached hydrogens (tertiary/aromatic N) is 2. The van der Waals surface area contributed by atoms with Crippen molar-refractivity contribution in [3.05, 3.63) is 63.1 Å². The van der Waals surface area contributed by atoms with Crippen LogP contribution in [0.1, 0.15) is 26.8 Å². The molecule has 0 aliphatic heterocycles. The molecule has 1 aromatic heterocycles. The highest BCUT2D eigenvalue weighted by Gasteiger charge is 2.14. The molecule has 31 heavy (non-hydrogen) atoms. The molecule has 8 nitrogen and oxygen atoms in total. The summed E-state index contributed by atoms with van der Waals surface area (Å²) >= 11 is 7.07. The number of hydrogen-bond acceptors (Lipinski definition) is 7. The first-order valence-electron chi connectivity index (χ1n) is 9.35. The van der Waals surface area contributed by atoms with Crippen LogP contribution in [0.3, 0.4) is 0 Å². The molecule has 0 saturated carbocycles. The van der Waals surface area contributed by atoms with Crippen molar-refractivity contribution in [2.45, 2.75) is 19.4 Å². The molecule has 0 bridgehead atoms. The van der Waals surface area contributed by atoms with Crippen molar-refractivity contribution in [1.82, 2.24) is 15.5 Å². The van der Waals surface area contributed by atoms with Crippen molar-refractivity contribution >= 4 is 40.4 Å². The van der Waals surface area contributed by atoms with E-state index in [-0.39, 0.29) is 23.2 Å². The van der Waals surface area contributed by atoms with E-state index in [0.29, 0.717) is 40.2 Å². The average molecular weight is 461 g/mol. The number of aromatic nitrogens is 2. The van der Waals surface area contributed by atoms with E-state index in [9.17, 15) is 9.59 Å². The Morgan fingerprint density at radius 3 is 2.68 bits per heavy atom. The first-order chi connectivity index (χ1) is 15.0. The fraction of sp³-hybridized carbons (Fsp3) is 0.238. The predicted molar refractivity (Wildman–Crippen MR) is 119 cm³/mol. The van der Waals surface area contributed by atoms with Crippen LogP contribution in [0.5, 0.6) is 11.5 Å². The number of rotatable bonds is 9. The molecule has 0 radical (unpaired) electrons. The van der Waals surface area contributed by atoms with Crippen LogP contribution < -0.4 is 20.1 Å². The van der Waals surface area contributed by atoms with Gasteiger partial charge >= 0.3 is 0 Å². The lowest BCUT2D eigenvalue weighted by molar-refractivity contribution is -0.121. The number of nitrogens with one attached hydrogen (secondary N) is 2. The van der Waals surface area contributed by atoms with Gasteiger partial charge in [-0.1, -0.05) is 29.0 Å². The van der Waals surface area contributed by atoms with Gasteiger partial charge in [0.05, 0.1) is 14.2 Å². The van der Waals surface area contributed by atoms with Gasteiger partial charge in [0.25, 0.3) is 5.91 Å². The summed E-state index contributed by atoms with van der Waals surface area (Å²) < 4.78 is 10.5. The number of methoxy groups -OCH3 is 2. The molecular formula is C21H21ClN4O4S. The molecule has 2 N–H and O–H groups in total. The number of ether oxygens (including phenoxy) is 2. The van der Waals surface area contributed by atoms with E-state index < -0.39 is 0 Å². The van der Waals surface area contributed by atoms with Crippen LogP contribution >= 0.6 is 22.9 Å². The van der Waals surface area contributed by atoms with Gasteiger partial charge in [0, 0.05) is 41.7 Å². The normalized spacial score (nSPS) is 10.4. The largest absolute Gasteiger partial charge is 0.497 e. The summed E-state index contributed by atoms with van der Waals surface area (Å²) in [6, 6.07) is 12.2. The molecule has 0 saturated heterocycles.